The van der Waals surface area contributed by atoms with Crippen molar-refractivity contribution in [1.29, 1.82) is 0 Å². The van der Waals surface area contributed by atoms with Crippen LogP contribution in [0.5, 0.6) is 0 Å². The van der Waals surface area contributed by atoms with Gasteiger partial charge in [-0.05, 0) is 41.0 Å². The zero-order chi connectivity index (χ0) is 14.6. The van der Waals surface area contributed by atoms with Crippen molar-refractivity contribution in [3.05, 3.63) is 12.2 Å². The standard InChI is InChI=1S/C7H12O2.C6H16O2Si/c1-4-5-9-7(8)6(2)3;1-5(2)7-9-8-6(3)4/h2,4-5H2,1,3H3;5-6H,9H2,1-4H3. The zero-order valence-electron chi connectivity index (χ0n) is 12.6. The molecule has 0 saturated heterocycles. The fraction of sp³-hybridized carbons (Fsp3) is 0.769. The molecule has 4 nitrogen and oxygen atoms in total. The molecule has 0 aromatic rings. The van der Waals surface area contributed by atoms with E-state index in [2.05, 4.69) is 6.58 Å². The summed E-state index contributed by atoms with van der Waals surface area (Å²) in [6.45, 7) is 15.6. The first kappa shape index (κ1) is 19.7. The van der Waals surface area contributed by atoms with Crippen molar-refractivity contribution in [2.24, 2.45) is 0 Å². The number of ether oxygens (including phenoxy) is 1. The van der Waals surface area contributed by atoms with Crippen LogP contribution in [-0.2, 0) is 18.4 Å². The average molecular weight is 276 g/mol. The van der Waals surface area contributed by atoms with Crippen LogP contribution < -0.4 is 0 Å². The van der Waals surface area contributed by atoms with E-state index >= 15 is 0 Å². The molecular weight excluding hydrogens is 248 g/mol. The fourth-order valence-corrected chi connectivity index (χ4v) is 1.25. The van der Waals surface area contributed by atoms with E-state index < -0.39 is 10.0 Å². The molecule has 0 aliphatic rings. The Morgan fingerprint density at radius 2 is 1.61 bits per heavy atom. The van der Waals surface area contributed by atoms with E-state index in [-0.39, 0.29) is 5.97 Å². The van der Waals surface area contributed by atoms with Gasteiger partial charge in [-0.1, -0.05) is 13.5 Å². The molecule has 0 N–H and O–H groups in total. The first-order chi connectivity index (χ1) is 8.31. The van der Waals surface area contributed by atoms with Crippen LogP contribution in [0.1, 0.15) is 48.0 Å². The van der Waals surface area contributed by atoms with Gasteiger partial charge >= 0.3 is 16.0 Å². The van der Waals surface area contributed by atoms with E-state index in [0.29, 0.717) is 24.4 Å². The number of rotatable bonds is 7. The summed E-state index contributed by atoms with van der Waals surface area (Å²) < 4.78 is 15.3. The predicted molar refractivity (Wildman–Crippen MR) is 77.1 cm³/mol. The molecule has 0 amide bonds. The summed E-state index contributed by atoms with van der Waals surface area (Å²) in [5, 5.41) is 0. The van der Waals surface area contributed by atoms with Crippen LogP contribution in [0.25, 0.3) is 0 Å². The van der Waals surface area contributed by atoms with Crippen molar-refractivity contribution in [3.63, 3.8) is 0 Å². The van der Waals surface area contributed by atoms with Crippen LogP contribution in [0.15, 0.2) is 12.2 Å². The molecule has 0 atom stereocenters. The zero-order valence-corrected chi connectivity index (χ0v) is 14.0. The SMILES string of the molecule is C=C(C)C(=O)OCCC.CC(C)O[SiH2]OC(C)C. The van der Waals surface area contributed by atoms with Gasteiger partial charge in [-0.3, -0.25) is 0 Å². The first-order valence-corrected chi connectivity index (χ1v) is 7.52. The molecular formula is C13H28O4Si. The monoisotopic (exact) mass is 276 g/mol. The van der Waals surface area contributed by atoms with Gasteiger partial charge in [0.15, 0.2) is 0 Å². The van der Waals surface area contributed by atoms with Gasteiger partial charge in [-0.25, -0.2) is 4.79 Å². The van der Waals surface area contributed by atoms with E-state index in [1.54, 1.807) is 6.92 Å². The summed E-state index contributed by atoms with van der Waals surface area (Å²) >= 11 is 0. The quantitative estimate of drug-likeness (QED) is 0.407. The second-order valence-corrected chi connectivity index (χ2v) is 5.37. The second kappa shape index (κ2) is 12.8. The molecule has 0 heterocycles. The molecule has 0 aliphatic carbocycles. The molecule has 0 radical (unpaired) electrons. The Bertz CT molecular complexity index is 219. The Morgan fingerprint density at radius 1 is 1.17 bits per heavy atom. The summed E-state index contributed by atoms with van der Waals surface area (Å²) in [6, 6.07) is 0. The van der Waals surface area contributed by atoms with Crippen LogP contribution in [0.2, 0.25) is 0 Å². The third-order valence-corrected chi connectivity index (χ3v) is 3.19. The molecule has 0 aromatic heterocycles. The Balaban J connectivity index is 0. The summed E-state index contributed by atoms with van der Waals surface area (Å²) in [4.78, 5) is 10.6. The highest BCUT2D eigenvalue weighted by molar-refractivity contribution is 6.18. The minimum absolute atomic E-state index is 0.295. The molecule has 108 valence electrons. The fourth-order valence-electron chi connectivity index (χ4n) is 0.629. The number of carbonyl (C=O) groups is 1. The predicted octanol–water partition coefficient (Wildman–Crippen LogP) is 2.35. The molecule has 5 heteroatoms. The summed E-state index contributed by atoms with van der Waals surface area (Å²) in [5.41, 5.74) is 0.462. The maximum Gasteiger partial charge on any atom is 0.333 e. The van der Waals surface area contributed by atoms with Gasteiger partial charge in [0.05, 0.1) is 6.61 Å². The lowest BCUT2D eigenvalue weighted by molar-refractivity contribution is -0.138. The molecule has 0 aromatic carbocycles. The molecule has 0 aliphatic heterocycles. The largest absolute Gasteiger partial charge is 0.462 e. The van der Waals surface area contributed by atoms with Crippen molar-refractivity contribution in [3.8, 4) is 0 Å². The van der Waals surface area contributed by atoms with Crippen molar-refractivity contribution in [2.75, 3.05) is 6.61 Å². The summed E-state index contributed by atoms with van der Waals surface area (Å²) in [7, 11) is -0.684. The lowest BCUT2D eigenvalue weighted by Crippen LogP contribution is -2.14. The van der Waals surface area contributed by atoms with Gasteiger partial charge in [0.2, 0.25) is 0 Å². The van der Waals surface area contributed by atoms with Crippen molar-refractivity contribution >= 4 is 16.0 Å². The van der Waals surface area contributed by atoms with E-state index in [4.69, 9.17) is 13.6 Å². The van der Waals surface area contributed by atoms with Gasteiger partial charge in [0, 0.05) is 17.8 Å². The van der Waals surface area contributed by atoms with E-state index in [9.17, 15) is 4.79 Å². The second-order valence-electron chi connectivity index (χ2n) is 4.46. The Kier molecular flexibility index (Phi) is 14.0. The highest BCUT2D eigenvalue weighted by atomic mass is 28.3. The van der Waals surface area contributed by atoms with Gasteiger partial charge < -0.3 is 13.6 Å². The van der Waals surface area contributed by atoms with E-state index in [1.165, 1.54) is 0 Å². The lowest BCUT2D eigenvalue weighted by Gasteiger charge is -2.09. The smallest absolute Gasteiger partial charge is 0.333 e. The minimum Gasteiger partial charge on any atom is -0.462 e. The van der Waals surface area contributed by atoms with Crippen molar-refractivity contribution in [1.82, 2.24) is 0 Å². The normalized spacial score (nSPS) is 10.0. The van der Waals surface area contributed by atoms with Crippen LogP contribution in [0.3, 0.4) is 0 Å². The van der Waals surface area contributed by atoms with Crippen LogP contribution in [0, 0.1) is 0 Å². The molecule has 0 spiro atoms. The number of hydrogen-bond acceptors (Lipinski definition) is 4. The Hall–Kier alpha value is -0.653. The third kappa shape index (κ3) is 17.7. The maximum absolute atomic E-state index is 10.6. The van der Waals surface area contributed by atoms with Gasteiger partial charge in [-0.2, -0.15) is 0 Å². The molecule has 0 bridgehead atoms. The molecule has 0 unspecified atom stereocenters. The van der Waals surface area contributed by atoms with Crippen LogP contribution in [0.4, 0.5) is 0 Å². The Morgan fingerprint density at radius 3 is 1.89 bits per heavy atom. The van der Waals surface area contributed by atoms with Crippen molar-refractivity contribution < 1.29 is 18.4 Å². The first-order valence-electron chi connectivity index (χ1n) is 6.37. The molecule has 18 heavy (non-hydrogen) atoms. The Labute approximate surface area is 114 Å². The van der Waals surface area contributed by atoms with Gasteiger partial charge in [0.25, 0.3) is 0 Å². The van der Waals surface area contributed by atoms with Gasteiger partial charge in [0.1, 0.15) is 0 Å². The van der Waals surface area contributed by atoms with E-state index in [1.807, 2.05) is 34.6 Å². The average Bonchev–Trinajstić information content (AvgIpc) is 2.25. The number of carbonyl (C=O) groups excluding carboxylic acids is 1. The molecule has 0 fully saturated rings. The summed E-state index contributed by atoms with van der Waals surface area (Å²) in [5.74, 6) is -0.295. The summed E-state index contributed by atoms with van der Waals surface area (Å²) in [6.07, 6.45) is 1.52. The van der Waals surface area contributed by atoms with Gasteiger partial charge in [-0.15, -0.1) is 0 Å². The van der Waals surface area contributed by atoms with E-state index in [0.717, 1.165) is 6.42 Å². The lowest BCUT2D eigenvalue weighted by atomic mass is 10.4. The molecule has 0 saturated carbocycles. The number of hydrogen-bond donors (Lipinski definition) is 0. The topological polar surface area (TPSA) is 44.8 Å². The highest BCUT2D eigenvalue weighted by Gasteiger charge is 1.99. The minimum atomic E-state index is -0.684. The van der Waals surface area contributed by atoms with Crippen molar-refractivity contribution in [2.45, 2.75) is 60.2 Å². The highest BCUT2D eigenvalue weighted by Crippen LogP contribution is 1.92. The van der Waals surface area contributed by atoms with Crippen LogP contribution >= 0.6 is 0 Å². The third-order valence-electron chi connectivity index (χ3n) is 1.59. The maximum atomic E-state index is 10.6. The number of esters is 1. The van der Waals surface area contributed by atoms with Crippen LogP contribution in [-0.4, -0.2) is 34.8 Å². The molecule has 0 rings (SSSR count).